The Morgan fingerprint density at radius 3 is 2.43 bits per heavy atom. The van der Waals surface area contributed by atoms with Gasteiger partial charge in [-0.3, -0.25) is 9.69 Å². The van der Waals surface area contributed by atoms with Gasteiger partial charge >= 0.3 is 0 Å². The van der Waals surface area contributed by atoms with E-state index in [4.69, 9.17) is 9.47 Å². The number of amidine groups is 1. The molecule has 0 N–H and O–H groups in total. The predicted octanol–water partition coefficient (Wildman–Crippen LogP) is 4.16. The fraction of sp³-hybridized carbons (Fsp3) is 0.304. The molecular weight excluding hydrogens is 398 g/mol. The average molecular weight is 424 g/mol. The van der Waals surface area contributed by atoms with Gasteiger partial charge in [-0.2, -0.15) is 0 Å². The first-order chi connectivity index (χ1) is 14.7. The van der Waals surface area contributed by atoms with Crippen LogP contribution in [0.15, 0.2) is 58.4 Å². The summed E-state index contributed by atoms with van der Waals surface area (Å²) in [7, 11) is 1.63. The summed E-state index contributed by atoms with van der Waals surface area (Å²) in [5.74, 6) is 0.773. The number of methoxy groups -OCH3 is 1. The standard InChI is InChI=1S/C23H25N3O3S/c1-3-26-22(27)21(30-23(26)24-18-6-10-20(28-2)11-7-18)16-17-4-8-19(9-5-17)25-12-14-29-15-13-25/h4-11,16H,3,12-15H2,1-2H3/b21-16+,24-23?. The van der Waals surface area contributed by atoms with Gasteiger partial charge in [0.05, 0.1) is 30.9 Å². The minimum Gasteiger partial charge on any atom is -0.497 e. The second kappa shape index (κ2) is 9.36. The lowest BCUT2D eigenvalue weighted by atomic mass is 10.1. The number of nitrogens with zero attached hydrogens (tertiary/aromatic N) is 3. The molecule has 2 saturated heterocycles. The highest BCUT2D eigenvalue weighted by atomic mass is 32.2. The van der Waals surface area contributed by atoms with Crippen LogP contribution in [0, 0.1) is 0 Å². The largest absolute Gasteiger partial charge is 0.497 e. The molecule has 2 fully saturated rings. The molecule has 2 aromatic rings. The fourth-order valence-electron chi connectivity index (χ4n) is 3.39. The highest BCUT2D eigenvalue weighted by Gasteiger charge is 2.32. The molecule has 0 saturated carbocycles. The van der Waals surface area contributed by atoms with Crippen molar-refractivity contribution in [3.8, 4) is 5.75 Å². The molecule has 1 amide bonds. The van der Waals surface area contributed by atoms with Crippen LogP contribution in [-0.4, -0.2) is 55.9 Å². The number of morpholine rings is 1. The van der Waals surface area contributed by atoms with Gasteiger partial charge in [0.1, 0.15) is 5.75 Å². The smallest absolute Gasteiger partial charge is 0.266 e. The summed E-state index contributed by atoms with van der Waals surface area (Å²) in [6.45, 7) is 5.88. The van der Waals surface area contributed by atoms with Crippen LogP contribution >= 0.6 is 11.8 Å². The number of hydrogen-bond acceptors (Lipinski definition) is 6. The van der Waals surface area contributed by atoms with Crippen molar-refractivity contribution >= 4 is 40.3 Å². The van der Waals surface area contributed by atoms with Crippen molar-refractivity contribution in [3.05, 3.63) is 59.0 Å². The van der Waals surface area contributed by atoms with Crippen LogP contribution in [0.5, 0.6) is 5.75 Å². The van der Waals surface area contributed by atoms with E-state index in [-0.39, 0.29) is 5.91 Å². The third kappa shape index (κ3) is 4.52. The van der Waals surface area contributed by atoms with Gasteiger partial charge in [0, 0.05) is 25.3 Å². The number of amides is 1. The van der Waals surface area contributed by atoms with E-state index in [2.05, 4.69) is 34.2 Å². The van der Waals surface area contributed by atoms with E-state index >= 15 is 0 Å². The van der Waals surface area contributed by atoms with Crippen LogP contribution < -0.4 is 9.64 Å². The zero-order valence-electron chi connectivity index (χ0n) is 17.2. The Balaban J connectivity index is 1.52. The summed E-state index contributed by atoms with van der Waals surface area (Å²) in [6.07, 6.45) is 1.94. The second-order valence-electron chi connectivity index (χ2n) is 6.94. The molecule has 2 aliphatic heterocycles. The Morgan fingerprint density at radius 2 is 1.80 bits per heavy atom. The number of anilines is 1. The second-order valence-corrected chi connectivity index (χ2v) is 7.95. The highest BCUT2D eigenvalue weighted by Crippen LogP contribution is 2.34. The maximum absolute atomic E-state index is 12.9. The monoisotopic (exact) mass is 423 g/mol. The van der Waals surface area contributed by atoms with E-state index in [0.717, 1.165) is 43.3 Å². The molecule has 0 atom stereocenters. The molecule has 0 bridgehead atoms. The Bertz CT molecular complexity index is 949. The van der Waals surface area contributed by atoms with Gasteiger partial charge in [0.2, 0.25) is 0 Å². The number of benzene rings is 2. The van der Waals surface area contributed by atoms with Gasteiger partial charge < -0.3 is 14.4 Å². The van der Waals surface area contributed by atoms with Gasteiger partial charge in [0.25, 0.3) is 5.91 Å². The third-order valence-electron chi connectivity index (χ3n) is 5.07. The van der Waals surface area contributed by atoms with E-state index in [0.29, 0.717) is 16.6 Å². The van der Waals surface area contributed by atoms with Crippen molar-refractivity contribution < 1.29 is 14.3 Å². The Kier molecular flexibility index (Phi) is 6.40. The van der Waals surface area contributed by atoms with Gasteiger partial charge in [-0.15, -0.1) is 0 Å². The van der Waals surface area contributed by atoms with Crippen molar-refractivity contribution in [1.82, 2.24) is 4.90 Å². The van der Waals surface area contributed by atoms with Crippen LogP contribution in [0.4, 0.5) is 11.4 Å². The molecule has 30 heavy (non-hydrogen) atoms. The van der Waals surface area contributed by atoms with Crippen molar-refractivity contribution in [2.45, 2.75) is 6.92 Å². The molecule has 0 aromatic heterocycles. The topological polar surface area (TPSA) is 54.4 Å². The number of ether oxygens (including phenoxy) is 2. The Labute approximate surface area is 181 Å². The summed E-state index contributed by atoms with van der Waals surface area (Å²) in [4.78, 5) is 22.3. The summed E-state index contributed by atoms with van der Waals surface area (Å²) < 4.78 is 10.6. The molecule has 0 aliphatic carbocycles. The molecule has 4 rings (SSSR count). The van der Waals surface area contributed by atoms with Gasteiger partial charge in [-0.1, -0.05) is 12.1 Å². The van der Waals surface area contributed by atoms with Gasteiger partial charge in [0.15, 0.2) is 5.17 Å². The van der Waals surface area contributed by atoms with Crippen molar-refractivity contribution in [2.75, 3.05) is 44.9 Å². The number of likely N-dealkylation sites (N-methyl/N-ethyl adjacent to an activating group) is 1. The van der Waals surface area contributed by atoms with Crippen molar-refractivity contribution in [2.24, 2.45) is 4.99 Å². The SMILES string of the molecule is CCN1C(=O)/C(=C\c2ccc(N3CCOCC3)cc2)SC1=Nc1ccc(OC)cc1. The molecule has 0 spiro atoms. The normalized spacial score (nSPS) is 19.7. The zero-order chi connectivity index (χ0) is 20.9. The lowest BCUT2D eigenvalue weighted by Crippen LogP contribution is -2.36. The van der Waals surface area contributed by atoms with E-state index in [1.807, 2.05) is 37.3 Å². The van der Waals surface area contributed by atoms with E-state index < -0.39 is 0 Å². The predicted molar refractivity (Wildman–Crippen MR) is 123 cm³/mol. The number of carbonyl (C=O) groups is 1. The minimum atomic E-state index is -0.00739. The van der Waals surface area contributed by atoms with Crippen LogP contribution in [-0.2, 0) is 9.53 Å². The van der Waals surface area contributed by atoms with E-state index in [1.54, 1.807) is 12.0 Å². The number of carbonyl (C=O) groups excluding carboxylic acids is 1. The Morgan fingerprint density at radius 1 is 1.10 bits per heavy atom. The lowest BCUT2D eigenvalue weighted by Gasteiger charge is -2.28. The molecule has 156 valence electrons. The Hall–Kier alpha value is -2.77. The molecule has 0 unspecified atom stereocenters. The molecule has 0 radical (unpaired) electrons. The molecule has 2 heterocycles. The molecule has 6 nitrogen and oxygen atoms in total. The summed E-state index contributed by atoms with van der Waals surface area (Å²) in [6, 6.07) is 15.8. The molecule has 2 aromatic carbocycles. The zero-order valence-corrected chi connectivity index (χ0v) is 18.0. The molecular formula is C23H25N3O3S. The van der Waals surface area contributed by atoms with Crippen LogP contribution in [0.2, 0.25) is 0 Å². The number of hydrogen-bond donors (Lipinski definition) is 0. The maximum Gasteiger partial charge on any atom is 0.266 e. The number of rotatable bonds is 5. The minimum absolute atomic E-state index is 0.00739. The van der Waals surface area contributed by atoms with E-state index in [1.165, 1.54) is 17.4 Å². The summed E-state index contributed by atoms with van der Waals surface area (Å²) >= 11 is 1.41. The first kappa shape index (κ1) is 20.5. The highest BCUT2D eigenvalue weighted by molar-refractivity contribution is 8.18. The first-order valence-electron chi connectivity index (χ1n) is 10.0. The maximum atomic E-state index is 12.9. The molecule has 2 aliphatic rings. The number of thioether (sulfide) groups is 1. The van der Waals surface area contributed by atoms with Crippen molar-refractivity contribution in [1.29, 1.82) is 0 Å². The van der Waals surface area contributed by atoms with Crippen molar-refractivity contribution in [3.63, 3.8) is 0 Å². The summed E-state index contributed by atoms with van der Waals surface area (Å²) in [5, 5.41) is 0.698. The lowest BCUT2D eigenvalue weighted by molar-refractivity contribution is -0.122. The average Bonchev–Trinajstić information content (AvgIpc) is 3.09. The third-order valence-corrected chi connectivity index (χ3v) is 6.08. The summed E-state index contributed by atoms with van der Waals surface area (Å²) in [5.41, 5.74) is 2.98. The quantitative estimate of drug-likeness (QED) is 0.676. The van der Waals surface area contributed by atoms with E-state index in [9.17, 15) is 4.79 Å². The van der Waals surface area contributed by atoms with Gasteiger partial charge in [-0.05, 0) is 66.7 Å². The molecule has 7 heteroatoms. The van der Waals surface area contributed by atoms with Crippen LogP contribution in [0.25, 0.3) is 6.08 Å². The number of aliphatic imine (C=N–C) groups is 1. The van der Waals surface area contributed by atoms with Gasteiger partial charge in [-0.25, -0.2) is 4.99 Å². The van der Waals surface area contributed by atoms with Crippen LogP contribution in [0.1, 0.15) is 12.5 Å². The van der Waals surface area contributed by atoms with Crippen LogP contribution in [0.3, 0.4) is 0 Å². The first-order valence-corrected chi connectivity index (χ1v) is 10.9. The fourth-order valence-corrected chi connectivity index (χ4v) is 4.45.